The molecule has 1 amide bonds. The molecule has 1 fully saturated rings. The van der Waals surface area contributed by atoms with E-state index in [-0.39, 0.29) is 11.9 Å². The first kappa shape index (κ1) is 16.6. The van der Waals surface area contributed by atoms with Crippen LogP contribution in [0.25, 0.3) is 0 Å². The van der Waals surface area contributed by atoms with E-state index in [1.54, 1.807) is 18.0 Å². The molecule has 0 aliphatic carbocycles. The Bertz CT molecular complexity index is 690. The second kappa shape index (κ2) is 7.58. The number of thioether (sulfide) groups is 1. The first-order valence-corrected chi connectivity index (χ1v) is 9.74. The molecule has 1 aromatic rings. The Morgan fingerprint density at radius 1 is 1.40 bits per heavy atom. The summed E-state index contributed by atoms with van der Waals surface area (Å²) in [5.74, 6) is 0.119. The minimum absolute atomic E-state index is 0.119. The molecule has 0 bridgehead atoms. The van der Waals surface area contributed by atoms with Crippen molar-refractivity contribution in [2.75, 3.05) is 26.2 Å². The van der Waals surface area contributed by atoms with E-state index in [1.165, 1.54) is 5.56 Å². The standard InChI is InChI=1S/C18H23N5OS/c24-17(9-16-13-25-18-20-6-8-23(16)18)21-15-4-2-7-22(12-15)11-14-3-1-5-19-10-14/h1,3,5,10,13,15H,2,4,6-9,11-12H2,(H,21,24)/t15-/m1/s1. The van der Waals surface area contributed by atoms with Crippen LogP contribution in [-0.4, -0.2) is 58.1 Å². The lowest BCUT2D eigenvalue weighted by Gasteiger charge is -2.33. The fourth-order valence-corrected chi connectivity index (χ4v) is 4.58. The van der Waals surface area contributed by atoms with Gasteiger partial charge in [-0.25, -0.2) is 0 Å². The molecule has 1 saturated heterocycles. The number of hydrogen-bond acceptors (Lipinski definition) is 6. The number of carbonyl (C=O) groups is 1. The SMILES string of the molecule is O=C(CC1=CSC2=NCCN12)N[C@@H]1CCCN(Cc2cccnc2)C1. The number of amides is 1. The normalized spacial score (nSPS) is 23.2. The van der Waals surface area contributed by atoms with Crippen LogP contribution < -0.4 is 5.32 Å². The summed E-state index contributed by atoms with van der Waals surface area (Å²) in [6.45, 7) is 4.63. The topological polar surface area (TPSA) is 60.8 Å². The molecule has 6 nitrogen and oxygen atoms in total. The van der Waals surface area contributed by atoms with Gasteiger partial charge in [0.1, 0.15) is 0 Å². The van der Waals surface area contributed by atoms with Gasteiger partial charge in [-0.05, 0) is 36.4 Å². The maximum Gasteiger partial charge on any atom is 0.226 e. The summed E-state index contributed by atoms with van der Waals surface area (Å²) in [6, 6.07) is 4.32. The molecule has 0 spiro atoms. The van der Waals surface area contributed by atoms with Gasteiger partial charge < -0.3 is 10.2 Å². The number of amidine groups is 1. The van der Waals surface area contributed by atoms with Crippen LogP contribution in [0.5, 0.6) is 0 Å². The number of nitrogens with one attached hydrogen (secondary N) is 1. The zero-order chi connectivity index (χ0) is 17.1. The van der Waals surface area contributed by atoms with Gasteiger partial charge in [0.2, 0.25) is 5.91 Å². The van der Waals surface area contributed by atoms with Gasteiger partial charge >= 0.3 is 0 Å². The van der Waals surface area contributed by atoms with Crippen LogP contribution in [0.2, 0.25) is 0 Å². The number of rotatable bonds is 5. The van der Waals surface area contributed by atoms with Crippen molar-refractivity contribution in [1.29, 1.82) is 0 Å². The monoisotopic (exact) mass is 357 g/mol. The molecular weight excluding hydrogens is 334 g/mol. The van der Waals surface area contributed by atoms with Crippen molar-refractivity contribution < 1.29 is 4.79 Å². The summed E-state index contributed by atoms with van der Waals surface area (Å²) < 4.78 is 0. The lowest BCUT2D eigenvalue weighted by molar-refractivity contribution is -0.121. The second-order valence-electron chi connectivity index (χ2n) is 6.72. The first-order valence-electron chi connectivity index (χ1n) is 8.86. The van der Waals surface area contributed by atoms with Crippen LogP contribution >= 0.6 is 11.8 Å². The molecule has 0 aromatic carbocycles. The number of aromatic nitrogens is 1. The van der Waals surface area contributed by atoms with Crippen LogP contribution in [-0.2, 0) is 11.3 Å². The molecule has 132 valence electrons. The first-order chi connectivity index (χ1) is 12.3. The van der Waals surface area contributed by atoms with E-state index in [4.69, 9.17) is 0 Å². The minimum atomic E-state index is 0.119. The molecule has 0 radical (unpaired) electrons. The van der Waals surface area contributed by atoms with E-state index >= 15 is 0 Å². The van der Waals surface area contributed by atoms with E-state index < -0.39 is 0 Å². The van der Waals surface area contributed by atoms with Crippen LogP contribution in [0, 0.1) is 0 Å². The fraction of sp³-hybridized carbons (Fsp3) is 0.500. The number of piperidine rings is 1. The van der Waals surface area contributed by atoms with Crippen molar-refractivity contribution in [1.82, 2.24) is 20.1 Å². The Morgan fingerprint density at radius 3 is 3.24 bits per heavy atom. The lowest BCUT2D eigenvalue weighted by atomic mass is 10.0. The summed E-state index contributed by atoms with van der Waals surface area (Å²) >= 11 is 1.63. The van der Waals surface area contributed by atoms with Crippen LogP contribution in [0.15, 0.2) is 40.6 Å². The largest absolute Gasteiger partial charge is 0.352 e. The van der Waals surface area contributed by atoms with E-state index in [2.05, 4.69) is 36.6 Å². The van der Waals surface area contributed by atoms with Crippen molar-refractivity contribution in [2.45, 2.75) is 31.8 Å². The van der Waals surface area contributed by atoms with Crippen molar-refractivity contribution in [3.63, 3.8) is 0 Å². The van der Waals surface area contributed by atoms with Crippen LogP contribution in [0.1, 0.15) is 24.8 Å². The average Bonchev–Trinajstić information content (AvgIpc) is 3.21. The number of hydrogen-bond donors (Lipinski definition) is 1. The zero-order valence-corrected chi connectivity index (χ0v) is 15.0. The van der Waals surface area contributed by atoms with E-state index in [1.807, 2.05) is 12.3 Å². The highest BCUT2D eigenvalue weighted by Crippen LogP contribution is 2.30. The third-order valence-electron chi connectivity index (χ3n) is 4.79. The number of nitrogens with zero attached hydrogens (tertiary/aromatic N) is 4. The highest BCUT2D eigenvalue weighted by Gasteiger charge is 2.28. The van der Waals surface area contributed by atoms with Gasteiger partial charge in [0.05, 0.1) is 13.0 Å². The van der Waals surface area contributed by atoms with Gasteiger partial charge in [-0.2, -0.15) is 0 Å². The number of pyridine rings is 1. The molecule has 1 atom stereocenters. The molecular formula is C18H23N5OS. The summed E-state index contributed by atoms with van der Waals surface area (Å²) in [7, 11) is 0. The zero-order valence-electron chi connectivity index (χ0n) is 14.2. The number of fused-ring (bicyclic) bond motifs is 1. The highest BCUT2D eigenvalue weighted by atomic mass is 32.2. The Morgan fingerprint density at radius 2 is 2.36 bits per heavy atom. The van der Waals surface area contributed by atoms with Gasteiger partial charge in [-0.15, -0.1) is 0 Å². The number of carbonyl (C=O) groups excluding carboxylic acids is 1. The molecule has 4 rings (SSSR count). The Kier molecular flexibility index (Phi) is 5.03. The second-order valence-corrected chi connectivity index (χ2v) is 7.56. The third-order valence-corrected chi connectivity index (χ3v) is 5.74. The molecule has 3 aliphatic rings. The Hall–Kier alpha value is -1.86. The Labute approximate surface area is 152 Å². The minimum Gasteiger partial charge on any atom is -0.352 e. The van der Waals surface area contributed by atoms with E-state index in [0.717, 1.165) is 56.4 Å². The third kappa shape index (κ3) is 4.04. The van der Waals surface area contributed by atoms with Crippen molar-refractivity contribution in [3.8, 4) is 0 Å². The molecule has 1 aromatic heterocycles. The predicted molar refractivity (Wildman–Crippen MR) is 100.0 cm³/mol. The summed E-state index contributed by atoms with van der Waals surface area (Å²) in [6.07, 6.45) is 6.34. The van der Waals surface area contributed by atoms with Crippen molar-refractivity contribution in [2.24, 2.45) is 4.99 Å². The number of likely N-dealkylation sites (tertiary alicyclic amines) is 1. The quantitative estimate of drug-likeness (QED) is 0.871. The molecule has 7 heteroatoms. The number of aliphatic imine (C=N–C) groups is 1. The fourth-order valence-electron chi connectivity index (χ4n) is 3.63. The lowest BCUT2D eigenvalue weighted by Crippen LogP contribution is -2.47. The molecule has 25 heavy (non-hydrogen) atoms. The van der Waals surface area contributed by atoms with Crippen LogP contribution in [0.3, 0.4) is 0 Å². The van der Waals surface area contributed by atoms with Crippen molar-refractivity contribution in [3.05, 3.63) is 41.2 Å². The molecule has 0 saturated carbocycles. The van der Waals surface area contributed by atoms with Gasteiger partial charge in [0, 0.05) is 43.8 Å². The molecule has 0 unspecified atom stereocenters. The van der Waals surface area contributed by atoms with Gasteiger partial charge in [0.15, 0.2) is 5.17 Å². The molecule has 3 aliphatic heterocycles. The van der Waals surface area contributed by atoms with Crippen molar-refractivity contribution >= 4 is 22.8 Å². The average molecular weight is 357 g/mol. The highest BCUT2D eigenvalue weighted by molar-refractivity contribution is 8.16. The maximum atomic E-state index is 12.5. The summed E-state index contributed by atoms with van der Waals surface area (Å²) in [5.41, 5.74) is 2.31. The maximum absolute atomic E-state index is 12.5. The summed E-state index contributed by atoms with van der Waals surface area (Å²) in [4.78, 5) is 25.6. The van der Waals surface area contributed by atoms with Gasteiger partial charge in [-0.3, -0.25) is 19.7 Å². The van der Waals surface area contributed by atoms with E-state index in [0.29, 0.717) is 6.42 Å². The van der Waals surface area contributed by atoms with E-state index in [9.17, 15) is 4.79 Å². The van der Waals surface area contributed by atoms with Crippen LogP contribution in [0.4, 0.5) is 0 Å². The Balaban J connectivity index is 1.27. The smallest absolute Gasteiger partial charge is 0.226 e. The predicted octanol–water partition coefficient (Wildman–Crippen LogP) is 1.81. The van der Waals surface area contributed by atoms with Gasteiger partial charge in [0.25, 0.3) is 0 Å². The molecule has 4 heterocycles. The molecule has 1 N–H and O–H groups in total. The van der Waals surface area contributed by atoms with Gasteiger partial charge in [-0.1, -0.05) is 17.8 Å². The summed E-state index contributed by atoms with van der Waals surface area (Å²) in [5, 5.41) is 6.34.